The number of nitrogens with one attached hydrogen (secondary N) is 1. The summed E-state index contributed by atoms with van der Waals surface area (Å²) in [7, 11) is 0. The van der Waals surface area contributed by atoms with Gasteiger partial charge in [-0.25, -0.2) is 0 Å². The molecule has 2 atom stereocenters. The summed E-state index contributed by atoms with van der Waals surface area (Å²) in [6.07, 6.45) is 11.7. The Morgan fingerprint density at radius 3 is 2.76 bits per heavy atom. The van der Waals surface area contributed by atoms with E-state index in [1.165, 1.54) is 12.8 Å². The third kappa shape index (κ3) is 2.62. The van der Waals surface area contributed by atoms with Gasteiger partial charge in [0.15, 0.2) is 0 Å². The zero-order valence-electron chi connectivity index (χ0n) is 16.0. The lowest BCUT2D eigenvalue weighted by molar-refractivity contribution is -0.129. The van der Waals surface area contributed by atoms with Crippen LogP contribution in [0.15, 0.2) is 16.8 Å². The molecule has 2 aromatic heterocycles. The number of nitrogens with two attached hydrogens (primary N) is 1. The third-order valence-corrected chi connectivity index (χ3v) is 7.22. The van der Waals surface area contributed by atoms with Crippen molar-refractivity contribution < 1.29 is 14.4 Å². The molecule has 2 aromatic rings. The Bertz CT molecular complexity index is 1030. The van der Waals surface area contributed by atoms with E-state index in [9.17, 15) is 9.90 Å². The number of primary amides is 1. The summed E-state index contributed by atoms with van der Waals surface area (Å²) >= 11 is 0. The van der Waals surface area contributed by atoms with E-state index in [1.54, 1.807) is 6.20 Å². The second-order valence-electron chi connectivity index (χ2n) is 9.17. The highest BCUT2D eigenvalue weighted by molar-refractivity contribution is 5.90. The maximum Gasteiger partial charge on any atom is 0.290 e. The summed E-state index contributed by atoms with van der Waals surface area (Å²) in [6, 6.07) is 0.296. The lowest BCUT2D eigenvalue weighted by Crippen LogP contribution is -2.59. The number of anilines is 1. The quantitative estimate of drug-likeness (QED) is 0.726. The number of rotatable bonds is 4. The molecule has 0 aromatic carbocycles. The van der Waals surface area contributed by atoms with E-state index in [-0.39, 0.29) is 11.7 Å². The Kier molecular flexibility index (Phi) is 3.48. The molecular weight excluding hydrogens is 370 g/mol. The lowest BCUT2D eigenvalue weighted by atomic mass is 9.52. The van der Waals surface area contributed by atoms with Crippen LogP contribution in [-0.2, 0) is 6.42 Å². The number of hydrogen-bond acceptors (Lipinski definition) is 7. The van der Waals surface area contributed by atoms with Crippen molar-refractivity contribution in [2.75, 3.05) is 5.32 Å². The first-order valence-electron chi connectivity index (χ1n) is 10.3. The molecule has 8 heteroatoms. The molecule has 0 radical (unpaired) electrons. The number of hydrogen-bond donors (Lipinski definition) is 3. The smallest absolute Gasteiger partial charge is 0.290 e. The third-order valence-electron chi connectivity index (χ3n) is 7.22. The van der Waals surface area contributed by atoms with Gasteiger partial charge in [0.05, 0.1) is 22.5 Å². The van der Waals surface area contributed by atoms with Crippen LogP contribution in [0.2, 0.25) is 0 Å². The number of pyridine rings is 1. The Morgan fingerprint density at radius 2 is 2.07 bits per heavy atom. The minimum absolute atomic E-state index is 0.140. The Morgan fingerprint density at radius 1 is 1.28 bits per heavy atom. The van der Waals surface area contributed by atoms with Crippen LogP contribution in [-0.4, -0.2) is 37.8 Å². The van der Waals surface area contributed by atoms with Gasteiger partial charge in [-0.15, -0.1) is 0 Å². The summed E-state index contributed by atoms with van der Waals surface area (Å²) in [5.74, 6) is 0.928. The first-order valence-corrected chi connectivity index (χ1v) is 10.3. The Labute approximate surface area is 167 Å². The molecule has 150 valence electrons. The van der Waals surface area contributed by atoms with Gasteiger partial charge < -0.3 is 20.7 Å². The van der Waals surface area contributed by atoms with Gasteiger partial charge in [-0.1, -0.05) is 17.3 Å². The topological polar surface area (TPSA) is 127 Å². The predicted octanol–water partition coefficient (Wildman–Crippen LogP) is 2.15. The van der Waals surface area contributed by atoms with Crippen molar-refractivity contribution in [1.29, 1.82) is 0 Å². The fourth-order valence-electron chi connectivity index (χ4n) is 6.33. The van der Waals surface area contributed by atoms with E-state index in [0.717, 1.165) is 42.6 Å². The number of carbonyl (C=O) groups is 1. The number of carbonyl (C=O) groups excluding carboxylic acids is 1. The highest BCUT2D eigenvalue weighted by Gasteiger charge is 2.54. The van der Waals surface area contributed by atoms with Gasteiger partial charge in [-0.2, -0.15) is 4.98 Å². The Balaban J connectivity index is 1.40. The normalized spacial score (nSPS) is 33.8. The van der Waals surface area contributed by atoms with Crippen molar-refractivity contribution in [3.05, 3.63) is 29.4 Å². The molecule has 2 heterocycles. The van der Waals surface area contributed by atoms with Gasteiger partial charge in [-0.3, -0.25) is 9.78 Å². The van der Waals surface area contributed by atoms with Crippen molar-refractivity contribution in [2.24, 2.45) is 23.5 Å². The van der Waals surface area contributed by atoms with Crippen molar-refractivity contribution in [2.45, 2.75) is 50.2 Å². The average Bonchev–Trinajstić information content (AvgIpc) is 3.32. The number of aliphatic hydroxyl groups is 1. The van der Waals surface area contributed by atoms with Crippen LogP contribution in [0.5, 0.6) is 0 Å². The lowest BCUT2D eigenvalue weighted by Gasteiger charge is -2.58. The SMILES string of the molecule is NC(=O)c1noc(-c2cnc3c(c2NC2C4CC5CC2CC(O)(C5)C4)C=CC3)n1. The molecule has 0 saturated heterocycles. The van der Waals surface area contributed by atoms with E-state index in [0.29, 0.717) is 29.4 Å². The molecule has 5 aliphatic carbocycles. The average molecular weight is 393 g/mol. The molecule has 2 unspecified atom stereocenters. The van der Waals surface area contributed by atoms with Crippen LogP contribution in [0, 0.1) is 17.8 Å². The van der Waals surface area contributed by atoms with Crippen LogP contribution in [0.25, 0.3) is 17.5 Å². The molecule has 1 amide bonds. The molecule has 8 nitrogen and oxygen atoms in total. The van der Waals surface area contributed by atoms with Crippen molar-refractivity contribution >= 4 is 17.7 Å². The fourth-order valence-corrected chi connectivity index (χ4v) is 6.33. The number of aromatic nitrogens is 3. The molecule has 29 heavy (non-hydrogen) atoms. The monoisotopic (exact) mass is 393 g/mol. The number of nitrogens with zero attached hydrogens (tertiary/aromatic N) is 3. The van der Waals surface area contributed by atoms with Gasteiger partial charge in [0.2, 0.25) is 0 Å². The fraction of sp³-hybridized carbons (Fsp3) is 0.524. The van der Waals surface area contributed by atoms with Crippen molar-refractivity contribution in [3.8, 4) is 11.5 Å². The minimum atomic E-state index is -0.724. The van der Waals surface area contributed by atoms with E-state index in [1.807, 2.05) is 0 Å². The first-order chi connectivity index (χ1) is 14.0. The molecule has 4 bridgehead atoms. The van der Waals surface area contributed by atoms with Gasteiger partial charge >= 0.3 is 0 Å². The summed E-state index contributed by atoms with van der Waals surface area (Å²) in [5, 5.41) is 18.4. The van der Waals surface area contributed by atoms with E-state index >= 15 is 0 Å². The van der Waals surface area contributed by atoms with Crippen LogP contribution < -0.4 is 11.1 Å². The highest BCUT2D eigenvalue weighted by atomic mass is 16.5. The highest BCUT2D eigenvalue weighted by Crippen LogP contribution is 2.56. The summed E-state index contributed by atoms with van der Waals surface area (Å²) in [6.45, 7) is 0. The van der Waals surface area contributed by atoms with Gasteiger partial charge in [-0.05, 0) is 49.9 Å². The molecule has 4 fully saturated rings. The van der Waals surface area contributed by atoms with Crippen molar-refractivity contribution in [1.82, 2.24) is 15.1 Å². The second-order valence-corrected chi connectivity index (χ2v) is 9.17. The minimum Gasteiger partial charge on any atom is -0.390 e. The number of allylic oxidation sites excluding steroid dienone is 1. The zero-order valence-corrected chi connectivity index (χ0v) is 16.0. The molecule has 4 N–H and O–H groups in total. The molecule has 5 aliphatic rings. The first kappa shape index (κ1) is 17.1. The van der Waals surface area contributed by atoms with Crippen LogP contribution in [0.1, 0.15) is 54.0 Å². The van der Waals surface area contributed by atoms with Gasteiger partial charge in [0.1, 0.15) is 0 Å². The molecule has 0 spiro atoms. The van der Waals surface area contributed by atoms with Crippen LogP contribution >= 0.6 is 0 Å². The summed E-state index contributed by atoms with van der Waals surface area (Å²) in [4.78, 5) is 20.1. The second kappa shape index (κ2) is 5.89. The van der Waals surface area contributed by atoms with Gasteiger partial charge in [0, 0.05) is 24.2 Å². The van der Waals surface area contributed by atoms with Crippen LogP contribution in [0.3, 0.4) is 0 Å². The van der Waals surface area contributed by atoms with E-state index in [2.05, 4.69) is 32.6 Å². The molecule has 7 rings (SSSR count). The van der Waals surface area contributed by atoms with Crippen LogP contribution in [0.4, 0.5) is 5.69 Å². The molecule has 4 saturated carbocycles. The molecular formula is C21H23N5O3. The number of amides is 1. The van der Waals surface area contributed by atoms with Crippen molar-refractivity contribution in [3.63, 3.8) is 0 Å². The van der Waals surface area contributed by atoms with E-state index < -0.39 is 11.5 Å². The largest absolute Gasteiger partial charge is 0.390 e. The summed E-state index contributed by atoms with van der Waals surface area (Å²) in [5.41, 5.74) is 8.46. The Hall–Kier alpha value is -2.74. The molecule has 0 aliphatic heterocycles. The summed E-state index contributed by atoms with van der Waals surface area (Å²) < 4.78 is 5.33. The van der Waals surface area contributed by atoms with Gasteiger partial charge in [0.25, 0.3) is 17.6 Å². The zero-order chi connectivity index (χ0) is 19.8. The van der Waals surface area contributed by atoms with E-state index in [4.69, 9.17) is 10.3 Å². The standard InChI is InChI=1S/C21H23N5O3/c22-18(27)19-25-20(29-26-19)14-9-23-15-3-1-2-13(15)17(14)24-16-11-4-10-5-12(16)8-21(28,6-10)7-11/h1-2,9-12,16,28H,3-8H2,(H2,22,27)(H,23,24). The maximum absolute atomic E-state index is 11.4. The number of fused-ring (bicyclic) bond motifs is 1. The maximum atomic E-state index is 11.4. The predicted molar refractivity (Wildman–Crippen MR) is 105 cm³/mol.